The Labute approximate surface area is 95.4 Å². The lowest BCUT2D eigenvalue weighted by Gasteiger charge is -2.30. The Morgan fingerprint density at radius 1 is 1.12 bits per heavy atom. The molecule has 0 aliphatic heterocycles. The number of halogens is 3. The Morgan fingerprint density at radius 2 is 1.59 bits per heavy atom. The highest BCUT2D eigenvalue weighted by Gasteiger charge is 2.64. The number of hydrogen-bond acceptors (Lipinski definition) is 2. The SMILES string of the molecule is CC(=O)C(C(N)=O)(c1ccccc1)C(F)(F)F. The summed E-state index contributed by atoms with van der Waals surface area (Å²) in [6, 6.07) is 6.20. The highest BCUT2D eigenvalue weighted by Crippen LogP contribution is 2.41. The lowest BCUT2D eigenvalue weighted by atomic mass is 9.75. The molecule has 3 nitrogen and oxygen atoms in total. The van der Waals surface area contributed by atoms with E-state index in [9.17, 15) is 22.8 Å². The number of Topliss-reactive ketones (excluding diaryl/α,β-unsaturated/α-hetero) is 1. The van der Waals surface area contributed by atoms with Crippen LogP contribution in [0, 0.1) is 0 Å². The highest BCUT2D eigenvalue weighted by molar-refractivity contribution is 6.11. The van der Waals surface area contributed by atoms with E-state index in [1.807, 2.05) is 0 Å². The van der Waals surface area contributed by atoms with Crippen LogP contribution >= 0.6 is 0 Å². The number of amides is 1. The van der Waals surface area contributed by atoms with Gasteiger partial charge >= 0.3 is 6.18 Å². The molecule has 0 fully saturated rings. The lowest BCUT2D eigenvalue weighted by molar-refractivity contribution is -0.194. The Bertz CT molecular complexity index is 426. The van der Waals surface area contributed by atoms with Crippen LogP contribution < -0.4 is 5.73 Å². The van der Waals surface area contributed by atoms with Crippen molar-refractivity contribution < 1.29 is 22.8 Å². The lowest BCUT2D eigenvalue weighted by Crippen LogP contribution is -2.57. The summed E-state index contributed by atoms with van der Waals surface area (Å²) >= 11 is 0. The maximum Gasteiger partial charge on any atom is 0.414 e. The standard InChI is InChI=1S/C11H10F3NO2/c1-7(16)10(9(15)17,11(12,13)14)8-5-3-2-4-6-8/h2-6H,1H3,(H2,15,17). The third-order valence-corrected chi connectivity index (χ3v) is 2.53. The van der Waals surface area contributed by atoms with Gasteiger partial charge in [0.15, 0.2) is 5.78 Å². The number of benzene rings is 1. The van der Waals surface area contributed by atoms with Crippen molar-refractivity contribution in [2.24, 2.45) is 5.73 Å². The monoisotopic (exact) mass is 245 g/mol. The van der Waals surface area contributed by atoms with Crippen molar-refractivity contribution in [1.82, 2.24) is 0 Å². The second-order valence-corrected chi connectivity index (χ2v) is 3.53. The van der Waals surface area contributed by atoms with Crippen LogP contribution in [0.4, 0.5) is 13.2 Å². The summed E-state index contributed by atoms with van der Waals surface area (Å²) in [7, 11) is 0. The van der Waals surface area contributed by atoms with Gasteiger partial charge in [-0.1, -0.05) is 30.3 Å². The number of ketones is 1. The van der Waals surface area contributed by atoms with Crippen LogP contribution in [-0.4, -0.2) is 17.9 Å². The van der Waals surface area contributed by atoms with Gasteiger partial charge in [-0.15, -0.1) is 0 Å². The first kappa shape index (κ1) is 13.2. The summed E-state index contributed by atoms with van der Waals surface area (Å²) in [4.78, 5) is 22.5. The molecule has 0 aliphatic carbocycles. The molecule has 0 aromatic heterocycles. The quantitative estimate of drug-likeness (QED) is 0.821. The topological polar surface area (TPSA) is 60.2 Å². The van der Waals surface area contributed by atoms with Crippen molar-refractivity contribution in [3.63, 3.8) is 0 Å². The second kappa shape index (κ2) is 4.20. The molecule has 1 unspecified atom stereocenters. The molecule has 1 amide bonds. The number of carbonyl (C=O) groups excluding carboxylic acids is 2. The number of carbonyl (C=O) groups is 2. The molecule has 92 valence electrons. The predicted octanol–water partition coefficient (Wildman–Crippen LogP) is 1.56. The van der Waals surface area contributed by atoms with Crippen molar-refractivity contribution in [3.05, 3.63) is 35.9 Å². The van der Waals surface area contributed by atoms with Crippen LogP contribution in [0.1, 0.15) is 12.5 Å². The van der Waals surface area contributed by atoms with E-state index < -0.39 is 28.8 Å². The smallest absolute Gasteiger partial charge is 0.368 e. The van der Waals surface area contributed by atoms with Gasteiger partial charge in [-0.05, 0) is 12.5 Å². The molecule has 1 aromatic carbocycles. The van der Waals surface area contributed by atoms with Crippen LogP contribution in [0.2, 0.25) is 0 Å². The number of hydrogen-bond donors (Lipinski definition) is 1. The van der Waals surface area contributed by atoms with Gasteiger partial charge in [-0.2, -0.15) is 13.2 Å². The minimum atomic E-state index is -5.06. The molecule has 0 bridgehead atoms. The molecule has 17 heavy (non-hydrogen) atoms. The van der Waals surface area contributed by atoms with E-state index in [4.69, 9.17) is 5.73 Å². The summed E-state index contributed by atoms with van der Waals surface area (Å²) in [6.07, 6.45) is -5.06. The third-order valence-electron chi connectivity index (χ3n) is 2.53. The number of primary amides is 1. The number of rotatable bonds is 3. The molecule has 1 aromatic rings. The first-order chi connectivity index (χ1) is 7.74. The first-order valence-electron chi connectivity index (χ1n) is 4.67. The van der Waals surface area contributed by atoms with E-state index in [0.29, 0.717) is 6.92 Å². The zero-order valence-corrected chi connectivity index (χ0v) is 8.91. The molecule has 0 aliphatic rings. The normalized spacial score (nSPS) is 15.1. The van der Waals surface area contributed by atoms with Gasteiger partial charge in [0, 0.05) is 0 Å². The second-order valence-electron chi connectivity index (χ2n) is 3.53. The Kier molecular flexibility index (Phi) is 3.26. The average molecular weight is 245 g/mol. The fraction of sp³-hybridized carbons (Fsp3) is 0.273. The minimum Gasteiger partial charge on any atom is -0.368 e. The summed E-state index contributed by atoms with van der Waals surface area (Å²) in [5.74, 6) is -3.06. The third kappa shape index (κ3) is 1.90. The predicted molar refractivity (Wildman–Crippen MR) is 54.1 cm³/mol. The Balaban J connectivity index is 3.59. The number of alkyl halides is 3. The largest absolute Gasteiger partial charge is 0.414 e. The number of nitrogens with two attached hydrogens (primary N) is 1. The fourth-order valence-electron chi connectivity index (χ4n) is 1.71. The molecule has 0 heterocycles. The van der Waals surface area contributed by atoms with Gasteiger partial charge in [0.1, 0.15) is 0 Å². The zero-order chi connectivity index (χ0) is 13.3. The molecule has 1 rings (SSSR count). The summed E-state index contributed by atoms with van der Waals surface area (Å²) in [6.45, 7) is 0.700. The van der Waals surface area contributed by atoms with Crippen LogP contribution in [0.25, 0.3) is 0 Å². The molecule has 2 N–H and O–H groups in total. The van der Waals surface area contributed by atoms with Crippen molar-refractivity contribution in [2.75, 3.05) is 0 Å². The summed E-state index contributed by atoms with van der Waals surface area (Å²) < 4.78 is 39.1. The van der Waals surface area contributed by atoms with Gasteiger partial charge < -0.3 is 5.73 Å². The van der Waals surface area contributed by atoms with Crippen molar-refractivity contribution >= 4 is 11.7 Å². The molecule has 0 saturated carbocycles. The molecule has 0 radical (unpaired) electrons. The molecule has 0 spiro atoms. The van der Waals surface area contributed by atoms with Crippen LogP contribution in [0.5, 0.6) is 0 Å². The van der Waals surface area contributed by atoms with E-state index >= 15 is 0 Å². The van der Waals surface area contributed by atoms with Gasteiger partial charge in [0.05, 0.1) is 0 Å². The Morgan fingerprint density at radius 3 is 1.88 bits per heavy atom. The summed E-state index contributed by atoms with van der Waals surface area (Å²) in [5.41, 5.74) is 1.08. The van der Waals surface area contributed by atoms with Crippen LogP contribution in [-0.2, 0) is 15.0 Å². The Hall–Kier alpha value is -1.85. The molecule has 0 saturated heterocycles. The van der Waals surface area contributed by atoms with E-state index in [2.05, 4.69) is 0 Å². The molecular weight excluding hydrogens is 235 g/mol. The van der Waals surface area contributed by atoms with Crippen molar-refractivity contribution in [3.8, 4) is 0 Å². The summed E-state index contributed by atoms with van der Waals surface area (Å²) in [5, 5.41) is 0. The van der Waals surface area contributed by atoms with Crippen LogP contribution in [0.3, 0.4) is 0 Å². The maximum atomic E-state index is 13.0. The van der Waals surface area contributed by atoms with E-state index in [-0.39, 0.29) is 0 Å². The molecule has 6 heteroatoms. The van der Waals surface area contributed by atoms with Gasteiger partial charge in [0.2, 0.25) is 11.3 Å². The zero-order valence-electron chi connectivity index (χ0n) is 8.91. The highest BCUT2D eigenvalue weighted by atomic mass is 19.4. The van der Waals surface area contributed by atoms with E-state index in [1.165, 1.54) is 18.2 Å². The average Bonchev–Trinajstić information content (AvgIpc) is 2.16. The van der Waals surface area contributed by atoms with Gasteiger partial charge in [-0.25, -0.2) is 0 Å². The van der Waals surface area contributed by atoms with Gasteiger partial charge in [0.25, 0.3) is 0 Å². The molecular formula is C11H10F3NO2. The first-order valence-corrected chi connectivity index (χ1v) is 4.67. The van der Waals surface area contributed by atoms with Crippen molar-refractivity contribution in [2.45, 2.75) is 18.5 Å². The van der Waals surface area contributed by atoms with Crippen molar-refractivity contribution in [1.29, 1.82) is 0 Å². The van der Waals surface area contributed by atoms with E-state index in [1.54, 1.807) is 0 Å². The fourth-order valence-corrected chi connectivity index (χ4v) is 1.71. The van der Waals surface area contributed by atoms with Gasteiger partial charge in [-0.3, -0.25) is 9.59 Å². The van der Waals surface area contributed by atoms with Crippen LogP contribution in [0.15, 0.2) is 30.3 Å². The minimum absolute atomic E-state index is 0.465. The maximum absolute atomic E-state index is 13.0. The molecule has 1 atom stereocenters. The van der Waals surface area contributed by atoms with E-state index in [0.717, 1.165) is 12.1 Å².